The zero-order chi connectivity index (χ0) is 16.0. The lowest BCUT2D eigenvalue weighted by Crippen LogP contribution is -2.57. The Labute approximate surface area is 137 Å². The van der Waals surface area contributed by atoms with Gasteiger partial charge in [-0.3, -0.25) is 0 Å². The van der Waals surface area contributed by atoms with E-state index in [-0.39, 0.29) is 5.41 Å². The SMILES string of the molecule is CC(C)(C[N+](C)(C)C)[C@@H]1O[C@@H]2CCCC[C@@H]2[C@@H]2C=CCC[C@@H]21. The Bertz CT molecular complexity index is 420. The predicted molar refractivity (Wildman–Crippen MR) is 92.7 cm³/mol. The first-order valence-corrected chi connectivity index (χ1v) is 9.40. The van der Waals surface area contributed by atoms with Crippen molar-refractivity contribution in [3.05, 3.63) is 12.2 Å². The van der Waals surface area contributed by atoms with Crippen LogP contribution in [0.15, 0.2) is 12.2 Å². The van der Waals surface area contributed by atoms with Crippen molar-refractivity contribution in [2.75, 3.05) is 27.7 Å². The van der Waals surface area contributed by atoms with E-state index in [1.807, 2.05) is 0 Å². The Morgan fingerprint density at radius 1 is 1.05 bits per heavy atom. The first-order chi connectivity index (χ1) is 10.3. The van der Waals surface area contributed by atoms with E-state index in [2.05, 4.69) is 47.1 Å². The average Bonchev–Trinajstić information content (AvgIpc) is 2.44. The van der Waals surface area contributed by atoms with Crippen molar-refractivity contribution in [2.45, 2.75) is 64.6 Å². The van der Waals surface area contributed by atoms with Crippen molar-refractivity contribution >= 4 is 0 Å². The summed E-state index contributed by atoms with van der Waals surface area (Å²) in [5.74, 6) is 2.32. The molecule has 0 unspecified atom stereocenters. The van der Waals surface area contributed by atoms with E-state index in [0.717, 1.165) is 22.2 Å². The Hall–Kier alpha value is -0.340. The molecule has 0 N–H and O–H groups in total. The van der Waals surface area contributed by atoms with Crippen LogP contribution in [0.2, 0.25) is 0 Å². The van der Waals surface area contributed by atoms with Gasteiger partial charge in [-0.1, -0.05) is 38.8 Å². The maximum absolute atomic E-state index is 6.83. The van der Waals surface area contributed by atoms with Crippen LogP contribution in [0.3, 0.4) is 0 Å². The maximum atomic E-state index is 6.83. The van der Waals surface area contributed by atoms with Gasteiger partial charge in [-0.05, 0) is 43.4 Å². The van der Waals surface area contributed by atoms with Gasteiger partial charge in [0.1, 0.15) is 0 Å². The molecule has 0 amide bonds. The topological polar surface area (TPSA) is 9.23 Å². The number of nitrogens with zero attached hydrogens (tertiary/aromatic N) is 1. The van der Waals surface area contributed by atoms with Crippen LogP contribution < -0.4 is 0 Å². The standard InChI is InChI=1S/C20H36NO/c1-20(2,14-21(3,4)5)19-17-12-7-6-10-15(17)16-11-8-9-13-18(16)22-19/h6,10,15-19H,7-9,11-14H2,1-5H3/q+1/t15-,16+,17-,18+,19+/m0/s1. The smallest absolute Gasteiger partial charge is 0.0857 e. The molecule has 0 radical (unpaired) electrons. The van der Waals surface area contributed by atoms with Gasteiger partial charge in [0.2, 0.25) is 0 Å². The first-order valence-electron chi connectivity index (χ1n) is 9.40. The number of quaternary nitrogens is 1. The van der Waals surface area contributed by atoms with E-state index in [1.54, 1.807) is 0 Å². The molecule has 1 saturated carbocycles. The van der Waals surface area contributed by atoms with Gasteiger partial charge in [-0.15, -0.1) is 0 Å². The summed E-state index contributed by atoms with van der Waals surface area (Å²) in [5, 5.41) is 0. The van der Waals surface area contributed by atoms with Crippen LogP contribution in [0.25, 0.3) is 0 Å². The highest BCUT2D eigenvalue weighted by atomic mass is 16.5. The van der Waals surface area contributed by atoms with Crippen molar-refractivity contribution in [2.24, 2.45) is 23.2 Å². The van der Waals surface area contributed by atoms with Crippen molar-refractivity contribution in [1.82, 2.24) is 0 Å². The molecule has 126 valence electrons. The highest BCUT2D eigenvalue weighted by molar-refractivity contribution is 5.08. The third-order valence-electron chi connectivity index (χ3n) is 6.13. The van der Waals surface area contributed by atoms with Gasteiger partial charge in [-0.25, -0.2) is 0 Å². The first kappa shape index (κ1) is 16.5. The Balaban J connectivity index is 1.85. The molecule has 1 saturated heterocycles. The summed E-state index contributed by atoms with van der Waals surface area (Å²) in [7, 11) is 6.94. The highest BCUT2D eigenvalue weighted by Gasteiger charge is 2.51. The number of rotatable bonds is 3. The number of fused-ring (bicyclic) bond motifs is 3. The summed E-state index contributed by atoms with van der Waals surface area (Å²) in [6.45, 7) is 6.07. The van der Waals surface area contributed by atoms with Crippen LogP contribution in [-0.4, -0.2) is 44.4 Å². The molecule has 2 fully saturated rings. The lowest BCUT2D eigenvalue weighted by Gasteiger charge is -2.54. The van der Waals surface area contributed by atoms with Crippen LogP contribution in [0.1, 0.15) is 52.4 Å². The third kappa shape index (κ3) is 3.28. The molecule has 1 heterocycles. The van der Waals surface area contributed by atoms with E-state index in [0.29, 0.717) is 12.2 Å². The molecule has 0 spiro atoms. The summed E-state index contributed by atoms with van der Waals surface area (Å²) < 4.78 is 7.85. The summed E-state index contributed by atoms with van der Waals surface area (Å²) in [4.78, 5) is 0. The van der Waals surface area contributed by atoms with Crippen LogP contribution in [-0.2, 0) is 4.74 Å². The monoisotopic (exact) mass is 306 g/mol. The minimum absolute atomic E-state index is 0.245. The van der Waals surface area contributed by atoms with Gasteiger partial charge in [0.05, 0.1) is 39.9 Å². The summed E-state index contributed by atoms with van der Waals surface area (Å²) in [5.41, 5.74) is 0.245. The van der Waals surface area contributed by atoms with E-state index in [9.17, 15) is 0 Å². The van der Waals surface area contributed by atoms with Crippen molar-refractivity contribution < 1.29 is 9.22 Å². The van der Waals surface area contributed by atoms with Gasteiger partial charge in [0.25, 0.3) is 0 Å². The zero-order valence-electron chi connectivity index (χ0n) is 15.3. The van der Waals surface area contributed by atoms with Gasteiger partial charge in [0, 0.05) is 5.41 Å². The van der Waals surface area contributed by atoms with E-state index in [4.69, 9.17) is 4.74 Å². The number of ether oxygens (including phenoxy) is 1. The Morgan fingerprint density at radius 2 is 1.77 bits per heavy atom. The highest BCUT2D eigenvalue weighted by Crippen LogP contribution is 2.50. The fourth-order valence-corrected chi connectivity index (χ4v) is 5.79. The average molecular weight is 307 g/mol. The second-order valence-electron chi connectivity index (χ2n) is 9.73. The lowest BCUT2D eigenvalue weighted by molar-refractivity contribution is -0.877. The quantitative estimate of drug-likeness (QED) is 0.559. The van der Waals surface area contributed by atoms with Gasteiger partial charge in [0.15, 0.2) is 0 Å². The minimum Gasteiger partial charge on any atom is -0.374 e. The van der Waals surface area contributed by atoms with E-state index < -0.39 is 0 Å². The summed E-state index contributed by atoms with van der Waals surface area (Å²) >= 11 is 0. The third-order valence-corrected chi connectivity index (χ3v) is 6.13. The molecule has 3 rings (SSSR count). The molecule has 1 aliphatic heterocycles. The van der Waals surface area contributed by atoms with Gasteiger partial charge < -0.3 is 9.22 Å². The lowest BCUT2D eigenvalue weighted by atomic mass is 9.61. The second-order valence-corrected chi connectivity index (χ2v) is 9.73. The molecule has 0 aromatic heterocycles. The van der Waals surface area contributed by atoms with Gasteiger partial charge >= 0.3 is 0 Å². The molecule has 0 aromatic rings. The molecule has 2 nitrogen and oxygen atoms in total. The fraction of sp³-hybridized carbons (Fsp3) is 0.900. The molecular weight excluding hydrogens is 270 g/mol. The molecule has 2 aliphatic carbocycles. The number of hydrogen-bond acceptors (Lipinski definition) is 1. The van der Waals surface area contributed by atoms with Crippen LogP contribution in [0.5, 0.6) is 0 Å². The van der Waals surface area contributed by atoms with Gasteiger partial charge in [-0.2, -0.15) is 0 Å². The molecule has 2 heteroatoms. The maximum Gasteiger partial charge on any atom is 0.0857 e. The second kappa shape index (κ2) is 5.94. The van der Waals surface area contributed by atoms with Crippen molar-refractivity contribution in [3.63, 3.8) is 0 Å². The van der Waals surface area contributed by atoms with E-state index in [1.165, 1.54) is 45.1 Å². The summed E-state index contributed by atoms with van der Waals surface area (Å²) in [6, 6.07) is 0. The minimum atomic E-state index is 0.245. The van der Waals surface area contributed by atoms with Crippen LogP contribution >= 0.6 is 0 Å². The molecule has 0 bridgehead atoms. The molecular formula is C20H36NO+. The molecule has 0 aromatic carbocycles. The Morgan fingerprint density at radius 3 is 2.50 bits per heavy atom. The zero-order valence-corrected chi connectivity index (χ0v) is 15.3. The van der Waals surface area contributed by atoms with E-state index >= 15 is 0 Å². The fourth-order valence-electron chi connectivity index (χ4n) is 5.79. The van der Waals surface area contributed by atoms with Crippen LogP contribution in [0, 0.1) is 23.2 Å². The molecule has 3 aliphatic rings. The molecule has 22 heavy (non-hydrogen) atoms. The van der Waals surface area contributed by atoms with Crippen LogP contribution in [0.4, 0.5) is 0 Å². The normalized spacial score (nSPS) is 39.2. The number of allylic oxidation sites excluding steroid dienone is 2. The Kier molecular flexibility index (Phi) is 4.46. The summed E-state index contributed by atoms with van der Waals surface area (Å²) in [6.07, 6.45) is 14.0. The molecule has 5 atom stereocenters. The predicted octanol–water partition coefficient (Wildman–Crippen LogP) is 4.26. The van der Waals surface area contributed by atoms with Crippen molar-refractivity contribution in [1.29, 1.82) is 0 Å². The largest absolute Gasteiger partial charge is 0.374 e. The number of hydrogen-bond donors (Lipinski definition) is 0. The van der Waals surface area contributed by atoms with Crippen molar-refractivity contribution in [3.8, 4) is 0 Å².